The third-order valence-electron chi connectivity index (χ3n) is 2.22. The lowest BCUT2D eigenvalue weighted by molar-refractivity contribution is -0.139. The first-order valence-corrected chi connectivity index (χ1v) is 4.97. The van der Waals surface area contributed by atoms with Gasteiger partial charge in [0.05, 0.1) is 12.9 Å². The normalized spacial score (nSPS) is 14.1. The molecule has 1 N–H and O–H groups in total. The Kier molecular flexibility index (Phi) is 3.05. The summed E-state index contributed by atoms with van der Waals surface area (Å²) in [7, 11) is 0. The molecule has 1 heterocycles. The maximum Gasteiger partial charge on any atom is 0.341 e. The van der Waals surface area contributed by atoms with E-state index in [9.17, 15) is 4.79 Å². The fourth-order valence-corrected chi connectivity index (χ4v) is 1.45. The number of rotatable bonds is 4. The molecular weight excluding hydrogens is 208 g/mol. The first kappa shape index (κ1) is 10.5. The lowest BCUT2D eigenvalue weighted by atomic mass is 10.3. The number of ether oxygens (including phenoxy) is 1. The van der Waals surface area contributed by atoms with E-state index in [4.69, 9.17) is 9.84 Å². The van der Waals surface area contributed by atoms with E-state index in [2.05, 4.69) is 4.99 Å². The predicted octanol–water partition coefficient (Wildman–Crippen LogP) is 0.998. The Hall–Kier alpha value is -2.04. The van der Waals surface area contributed by atoms with E-state index in [1.165, 1.54) is 0 Å². The van der Waals surface area contributed by atoms with Crippen LogP contribution >= 0.6 is 0 Å². The molecule has 1 aliphatic heterocycles. The number of aliphatic imine (C=N–C) groups is 1. The Morgan fingerprint density at radius 2 is 2.19 bits per heavy atom. The Morgan fingerprint density at radius 1 is 1.44 bits per heavy atom. The summed E-state index contributed by atoms with van der Waals surface area (Å²) in [6.45, 7) is 1.39. The second kappa shape index (κ2) is 4.65. The van der Waals surface area contributed by atoms with Gasteiger partial charge < -0.3 is 14.7 Å². The number of aliphatic carboxylic acids is 1. The number of hydrogen-bond acceptors (Lipinski definition) is 4. The highest BCUT2D eigenvalue weighted by molar-refractivity contribution is 5.81. The molecule has 0 spiro atoms. The van der Waals surface area contributed by atoms with Crippen LogP contribution in [-0.2, 0) is 4.79 Å². The van der Waals surface area contributed by atoms with Crippen molar-refractivity contribution in [3.8, 4) is 5.75 Å². The minimum atomic E-state index is -0.976. The van der Waals surface area contributed by atoms with Gasteiger partial charge in [-0.25, -0.2) is 4.79 Å². The van der Waals surface area contributed by atoms with Crippen molar-refractivity contribution >= 4 is 18.0 Å². The van der Waals surface area contributed by atoms with E-state index in [0.29, 0.717) is 5.75 Å². The van der Waals surface area contributed by atoms with Crippen molar-refractivity contribution in [1.82, 2.24) is 0 Å². The van der Waals surface area contributed by atoms with Crippen LogP contribution in [0.1, 0.15) is 0 Å². The second-order valence-corrected chi connectivity index (χ2v) is 3.39. The highest BCUT2D eigenvalue weighted by Crippen LogP contribution is 2.19. The molecule has 0 unspecified atom stereocenters. The molecule has 84 valence electrons. The Bertz CT molecular complexity index is 400. The minimum absolute atomic E-state index is 0.315. The van der Waals surface area contributed by atoms with Crippen LogP contribution in [-0.4, -0.2) is 37.1 Å². The van der Waals surface area contributed by atoms with Crippen molar-refractivity contribution < 1.29 is 14.6 Å². The molecule has 0 fully saturated rings. The second-order valence-electron chi connectivity index (χ2n) is 3.39. The van der Waals surface area contributed by atoms with Gasteiger partial charge >= 0.3 is 5.97 Å². The van der Waals surface area contributed by atoms with Crippen molar-refractivity contribution in [3.63, 3.8) is 0 Å². The third-order valence-corrected chi connectivity index (χ3v) is 2.22. The van der Waals surface area contributed by atoms with Gasteiger partial charge in [0.2, 0.25) is 0 Å². The zero-order valence-electron chi connectivity index (χ0n) is 8.67. The first-order valence-electron chi connectivity index (χ1n) is 4.97. The Labute approximate surface area is 93.0 Å². The summed E-state index contributed by atoms with van der Waals surface area (Å²) in [4.78, 5) is 16.4. The van der Waals surface area contributed by atoms with E-state index in [0.717, 1.165) is 18.8 Å². The summed E-state index contributed by atoms with van der Waals surface area (Å²) in [5, 5.41) is 8.45. The maximum atomic E-state index is 10.3. The number of nitrogens with zero attached hydrogens (tertiary/aromatic N) is 2. The van der Waals surface area contributed by atoms with Crippen molar-refractivity contribution in [2.75, 3.05) is 24.6 Å². The summed E-state index contributed by atoms with van der Waals surface area (Å²) in [6, 6.07) is 7.28. The number of carboxylic acids is 1. The molecule has 2 rings (SSSR count). The van der Waals surface area contributed by atoms with Crippen molar-refractivity contribution in [2.24, 2.45) is 4.99 Å². The van der Waals surface area contributed by atoms with Crippen LogP contribution in [0.5, 0.6) is 5.75 Å². The van der Waals surface area contributed by atoms with Crippen LogP contribution in [0.15, 0.2) is 29.3 Å². The van der Waals surface area contributed by atoms with E-state index in [-0.39, 0.29) is 6.61 Å². The molecule has 16 heavy (non-hydrogen) atoms. The van der Waals surface area contributed by atoms with Crippen LogP contribution in [0.4, 0.5) is 5.69 Å². The van der Waals surface area contributed by atoms with Crippen LogP contribution in [0, 0.1) is 0 Å². The third kappa shape index (κ3) is 2.50. The molecule has 0 amide bonds. The fourth-order valence-electron chi connectivity index (χ4n) is 1.45. The number of anilines is 1. The molecule has 1 aromatic rings. The van der Waals surface area contributed by atoms with Gasteiger partial charge in [0.1, 0.15) is 5.75 Å². The summed E-state index contributed by atoms with van der Waals surface area (Å²) in [5.74, 6) is -0.418. The smallest absolute Gasteiger partial charge is 0.341 e. The average Bonchev–Trinajstić information content (AvgIpc) is 2.80. The van der Waals surface area contributed by atoms with Gasteiger partial charge in [0.25, 0.3) is 0 Å². The highest BCUT2D eigenvalue weighted by Gasteiger charge is 2.07. The van der Waals surface area contributed by atoms with E-state index in [1.54, 1.807) is 18.5 Å². The van der Waals surface area contributed by atoms with Crippen LogP contribution in [0.25, 0.3) is 0 Å². The largest absolute Gasteiger partial charge is 0.482 e. The van der Waals surface area contributed by atoms with E-state index >= 15 is 0 Å². The van der Waals surface area contributed by atoms with Gasteiger partial charge in [-0.15, -0.1) is 0 Å². The van der Waals surface area contributed by atoms with Crippen LogP contribution in [0.2, 0.25) is 0 Å². The van der Waals surface area contributed by atoms with Gasteiger partial charge in [-0.05, 0) is 24.3 Å². The molecule has 1 aromatic carbocycles. The summed E-state index contributed by atoms with van der Waals surface area (Å²) in [5.41, 5.74) is 1.03. The lowest BCUT2D eigenvalue weighted by Crippen LogP contribution is -2.17. The first-order chi connectivity index (χ1) is 7.75. The number of carboxylic acid groups (broad SMARTS) is 1. The van der Waals surface area contributed by atoms with Crippen LogP contribution in [0.3, 0.4) is 0 Å². The van der Waals surface area contributed by atoms with Crippen molar-refractivity contribution in [3.05, 3.63) is 24.3 Å². The van der Waals surface area contributed by atoms with E-state index < -0.39 is 5.97 Å². The topological polar surface area (TPSA) is 62.1 Å². The molecule has 0 saturated heterocycles. The number of carbonyl (C=O) groups is 1. The molecule has 0 aliphatic carbocycles. The quantitative estimate of drug-likeness (QED) is 0.822. The molecule has 0 aromatic heterocycles. The summed E-state index contributed by atoms with van der Waals surface area (Å²) < 4.78 is 5.03. The molecule has 0 saturated carbocycles. The average molecular weight is 220 g/mol. The molecule has 5 nitrogen and oxygen atoms in total. The standard InChI is InChI=1S/C11H12N2O3/c14-11(15)7-16-10-3-1-9(2-4-10)13-6-5-12-8-13/h1-4,8H,5-7H2,(H,14,15). The van der Waals surface area contributed by atoms with E-state index in [1.807, 2.05) is 17.0 Å². The predicted molar refractivity (Wildman–Crippen MR) is 60.3 cm³/mol. The zero-order valence-corrected chi connectivity index (χ0v) is 8.67. The minimum Gasteiger partial charge on any atom is -0.482 e. The molecule has 1 aliphatic rings. The number of benzene rings is 1. The van der Waals surface area contributed by atoms with Gasteiger partial charge in [0.15, 0.2) is 6.61 Å². The molecule has 0 atom stereocenters. The molecule has 5 heteroatoms. The van der Waals surface area contributed by atoms with Gasteiger partial charge in [-0.2, -0.15) is 0 Å². The Morgan fingerprint density at radius 3 is 2.75 bits per heavy atom. The highest BCUT2D eigenvalue weighted by atomic mass is 16.5. The van der Waals surface area contributed by atoms with Gasteiger partial charge in [-0.3, -0.25) is 4.99 Å². The van der Waals surface area contributed by atoms with Crippen molar-refractivity contribution in [2.45, 2.75) is 0 Å². The lowest BCUT2D eigenvalue weighted by Gasteiger charge is -2.14. The molecule has 0 radical (unpaired) electrons. The van der Waals surface area contributed by atoms with Crippen molar-refractivity contribution in [1.29, 1.82) is 0 Å². The zero-order chi connectivity index (χ0) is 11.4. The van der Waals surface area contributed by atoms with Crippen LogP contribution < -0.4 is 9.64 Å². The maximum absolute atomic E-state index is 10.3. The molecular formula is C11H12N2O3. The Balaban J connectivity index is 1.98. The monoisotopic (exact) mass is 220 g/mol. The van der Waals surface area contributed by atoms with Gasteiger partial charge in [0, 0.05) is 12.2 Å². The fraction of sp³-hybridized carbons (Fsp3) is 0.273. The van der Waals surface area contributed by atoms with Gasteiger partial charge in [-0.1, -0.05) is 0 Å². The SMILES string of the molecule is O=C(O)COc1ccc(N2C=NCC2)cc1. The number of hydrogen-bond donors (Lipinski definition) is 1. The summed E-state index contributed by atoms with van der Waals surface area (Å²) in [6.07, 6.45) is 1.80. The summed E-state index contributed by atoms with van der Waals surface area (Å²) >= 11 is 0. The molecule has 0 bridgehead atoms.